The van der Waals surface area contributed by atoms with Gasteiger partial charge in [-0.1, -0.05) is 49.6 Å². The van der Waals surface area contributed by atoms with Crippen molar-refractivity contribution in [2.24, 2.45) is 5.10 Å². The van der Waals surface area contributed by atoms with Gasteiger partial charge in [-0.2, -0.15) is 5.10 Å². The molecule has 0 radical (unpaired) electrons. The highest BCUT2D eigenvalue weighted by Crippen LogP contribution is 2.07. The van der Waals surface area contributed by atoms with Crippen LogP contribution >= 0.6 is 0 Å². The molecule has 2 rings (SSSR count). The molecule has 1 aromatic carbocycles. The Labute approximate surface area is 136 Å². The Balaban J connectivity index is 1.93. The van der Waals surface area contributed by atoms with Gasteiger partial charge in [0.2, 0.25) is 0 Å². The molecule has 5 nitrogen and oxygen atoms in total. The molecule has 1 aromatic heterocycles. The van der Waals surface area contributed by atoms with Gasteiger partial charge in [-0.3, -0.25) is 15.8 Å². The molecule has 0 aliphatic heterocycles. The highest BCUT2D eigenvalue weighted by Gasteiger charge is 2.10. The van der Waals surface area contributed by atoms with Crippen molar-refractivity contribution in [2.45, 2.75) is 6.54 Å². The van der Waals surface area contributed by atoms with E-state index in [0.717, 1.165) is 11.1 Å². The maximum atomic E-state index is 8.19. The van der Waals surface area contributed by atoms with Gasteiger partial charge in [0.1, 0.15) is 5.84 Å². The average Bonchev–Trinajstić information content (AvgIpc) is 2.60. The van der Waals surface area contributed by atoms with Crippen molar-refractivity contribution in [2.75, 3.05) is 0 Å². The monoisotopic (exact) mass is 305 g/mol. The quantitative estimate of drug-likeness (QED) is 0.469. The minimum Gasteiger partial charge on any atom is -0.328 e. The minimum atomic E-state index is 0.215. The van der Waals surface area contributed by atoms with E-state index in [1.165, 1.54) is 0 Å². The van der Waals surface area contributed by atoms with Gasteiger partial charge < -0.3 is 4.90 Å². The minimum absolute atomic E-state index is 0.215. The van der Waals surface area contributed by atoms with E-state index in [9.17, 15) is 0 Å². The number of hydrogen-bond donors (Lipinski definition) is 2. The number of pyridine rings is 1. The largest absolute Gasteiger partial charge is 0.328 e. The lowest BCUT2D eigenvalue weighted by atomic mass is 10.2. The molecule has 0 bridgehead atoms. The Bertz CT molecular complexity index is 692. The van der Waals surface area contributed by atoms with Crippen LogP contribution < -0.4 is 5.43 Å². The van der Waals surface area contributed by atoms with Crippen LogP contribution in [0.1, 0.15) is 11.1 Å². The first-order valence-electron chi connectivity index (χ1n) is 7.10. The summed E-state index contributed by atoms with van der Waals surface area (Å²) in [4.78, 5) is 5.70. The zero-order valence-corrected chi connectivity index (χ0v) is 12.8. The van der Waals surface area contributed by atoms with E-state index in [2.05, 4.69) is 28.7 Å². The van der Waals surface area contributed by atoms with Crippen LogP contribution in [0.2, 0.25) is 0 Å². The summed E-state index contributed by atoms with van der Waals surface area (Å²) >= 11 is 0. The standard InChI is InChI=1S/C18H19N5/c1-3-23(14-16-8-5-4-6-9-16)18(19)15(2)22-21-13-17-10-7-11-20-12-17/h3-13,19,22H,1-2,14H2/b19-18?,21-13+. The summed E-state index contributed by atoms with van der Waals surface area (Å²) in [6, 6.07) is 13.6. The number of benzene rings is 1. The average molecular weight is 305 g/mol. The molecule has 0 fully saturated rings. The third-order valence-electron chi connectivity index (χ3n) is 3.09. The van der Waals surface area contributed by atoms with Crippen molar-refractivity contribution in [1.29, 1.82) is 5.41 Å². The van der Waals surface area contributed by atoms with Crippen LogP contribution in [0.5, 0.6) is 0 Å². The topological polar surface area (TPSA) is 64.4 Å². The maximum Gasteiger partial charge on any atom is 0.150 e. The SMILES string of the molecule is C=CN(Cc1ccccc1)C(=N)C(=C)N/N=C/c1cccnc1. The van der Waals surface area contributed by atoms with Crippen molar-refractivity contribution < 1.29 is 0 Å². The Morgan fingerprint density at radius 3 is 2.70 bits per heavy atom. The molecule has 0 aliphatic carbocycles. The van der Waals surface area contributed by atoms with E-state index in [0.29, 0.717) is 12.2 Å². The zero-order chi connectivity index (χ0) is 16.5. The van der Waals surface area contributed by atoms with Crippen molar-refractivity contribution in [3.63, 3.8) is 0 Å². The molecule has 116 valence electrons. The molecule has 0 unspecified atom stereocenters. The second-order valence-electron chi connectivity index (χ2n) is 4.78. The van der Waals surface area contributed by atoms with Crippen molar-refractivity contribution in [1.82, 2.24) is 15.3 Å². The predicted octanol–water partition coefficient (Wildman–Crippen LogP) is 3.14. The normalized spacial score (nSPS) is 10.3. The van der Waals surface area contributed by atoms with Gasteiger partial charge in [0.15, 0.2) is 0 Å². The van der Waals surface area contributed by atoms with E-state index in [-0.39, 0.29) is 5.84 Å². The molecule has 1 heterocycles. The number of hydrazone groups is 1. The molecule has 0 saturated carbocycles. The van der Waals surface area contributed by atoms with Crippen LogP contribution in [0.3, 0.4) is 0 Å². The number of nitrogens with zero attached hydrogens (tertiary/aromatic N) is 3. The molecule has 23 heavy (non-hydrogen) atoms. The first-order chi connectivity index (χ1) is 11.2. The molecule has 0 spiro atoms. The van der Waals surface area contributed by atoms with E-state index in [4.69, 9.17) is 5.41 Å². The summed E-state index contributed by atoms with van der Waals surface area (Å²) in [5.74, 6) is 0.215. The van der Waals surface area contributed by atoms with E-state index >= 15 is 0 Å². The number of aromatic nitrogens is 1. The van der Waals surface area contributed by atoms with E-state index in [1.807, 2.05) is 42.5 Å². The number of nitrogens with one attached hydrogen (secondary N) is 2. The van der Waals surface area contributed by atoms with Gasteiger partial charge in [0, 0.05) is 24.5 Å². The fraction of sp³-hybridized carbons (Fsp3) is 0.0556. The van der Waals surface area contributed by atoms with E-state index < -0.39 is 0 Å². The molecule has 0 atom stereocenters. The summed E-state index contributed by atoms with van der Waals surface area (Å²) < 4.78 is 0. The zero-order valence-electron chi connectivity index (χ0n) is 12.8. The molecule has 2 aromatic rings. The highest BCUT2D eigenvalue weighted by atomic mass is 15.3. The first kappa shape index (κ1) is 16.2. The van der Waals surface area contributed by atoms with E-state index in [1.54, 1.807) is 29.7 Å². The van der Waals surface area contributed by atoms with Crippen molar-refractivity contribution in [3.8, 4) is 0 Å². The molecular formula is C18H19N5. The molecule has 5 heteroatoms. The lowest BCUT2D eigenvalue weighted by Gasteiger charge is -2.21. The summed E-state index contributed by atoms with van der Waals surface area (Å²) in [7, 11) is 0. The van der Waals surface area contributed by atoms with Gasteiger partial charge in [-0.05, 0) is 17.8 Å². The Hall–Kier alpha value is -3.21. The number of rotatable bonds is 7. The first-order valence-corrected chi connectivity index (χ1v) is 7.10. The summed E-state index contributed by atoms with van der Waals surface area (Å²) in [6.07, 6.45) is 6.63. The third-order valence-corrected chi connectivity index (χ3v) is 3.09. The van der Waals surface area contributed by atoms with Crippen LogP contribution in [0.25, 0.3) is 0 Å². The van der Waals surface area contributed by atoms with Crippen LogP contribution in [0, 0.1) is 5.41 Å². The number of amidine groups is 1. The van der Waals surface area contributed by atoms with Crippen molar-refractivity contribution in [3.05, 3.63) is 91.0 Å². The van der Waals surface area contributed by atoms with Crippen LogP contribution in [-0.4, -0.2) is 21.9 Å². The van der Waals surface area contributed by atoms with Gasteiger partial charge in [0.05, 0.1) is 11.9 Å². The Morgan fingerprint density at radius 1 is 1.26 bits per heavy atom. The summed E-state index contributed by atoms with van der Waals surface area (Å²) in [6.45, 7) is 8.15. The van der Waals surface area contributed by atoms with Crippen LogP contribution in [0.4, 0.5) is 0 Å². The maximum absolute atomic E-state index is 8.19. The van der Waals surface area contributed by atoms with Gasteiger partial charge in [0.25, 0.3) is 0 Å². The smallest absolute Gasteiger partial charge is 0.150 e. The number of hydrogen-bond acceptors (Lipinski definition) is 4. The Morgan fingerprint density at radius 2 is 2.04 bits per heavy atom. The highest BCUT2D eigenvalue weighted by molar-refractivity contribution is 5.95. The summed E-state index contributed by atoms with van der Waals surface area (Å²) in [5, 5.41) is 12.3. The molecule has 0 aliphatic rings. The fourth-order valence-electron chi connectivity index (χ4n) is 1.88. The molecular weight excluding hydrogens is 286 g/mol. The van der Waals surface area contributed by atoms with Crippen molar-refractivity contribution >= 4 is 12.1 Å². The van der Waals surface area contributed by atoms with Gasteiger partial charge in [-0.25, -0.2) is 0 Å². The van der Waals surface area contributed by atoms with Crippen LogP contribution in [-0.2, 0) is 6.54 Å². The summed E-state index contributed by atoms with van der Waals surface area (Å²) in [5.41, 5.74) is 5.11. The van der Waals surface area contributed by atoms with Crippen LogP contribution in [0.15, 0.2) is 85.0 Å². The third kappa shape index (κ3) is 4.93. The molecule has 2 N–H and O–H groups in total. The predicted molar refractivity (Wildman–Crippen MR) is 94.0 cm³/mol. The van der Waals surface area contributed by atoms with Gasteiger partial charge >= 0.3 is 0 Å². The lowest BCUT2D eigenvalue weighted by Crippen LogP contribution is -2.29. The second-order valence-corrected chi connectivity index (χ2v) is 4.78. The van der Waals surface area contributed by atoms with Gasteiger partial charge in [-0.15, -0.1) is 0 Å². The molecule has 0 amide bonds. The lowest BCUT2D eigenvalue weighted by molar-refractivity contribution is 0.545. The Kier molecular flexibility index (Phi) is 5.82. The second kappa shape index (κ2) is 8.29. The molecule has 0 saturated heterocycles. The fourth-order valence-corrected chi connectivity index (χ4v) is 1.88.